The summed E-state index contributed by atoms with van der Waals surface area (Å²) >= 11 is 0. The Kier molecular flexibility index (Phi) is 3.33. The van der Waals surface area contributed by atoms with Crippen LogP contribution in [-0.4, -0.2) is 11.6 Å². The van der Waals surface area contributed by atoms with E-state index >= 15 is 0 Å². The highest BCUT2D eigenvalue weighted by molar-refractivity contribution is 6.10. The third-order valence-electron chi connectivity index (χ3n) is 2.81. The minimum absolute atomic E-state index is 0.0371. The van der Waals surface area contributed by atoms with Crippen molar-refractivity contribution in [1.29, 1.82) is 0 Å². The lowest BCUT2D eigenvalue weighted by atomic mass is 9.89. The molecule has 0 aliphatic heterocycles. The van der Waals surface area contributed by atoms with Crippen molar-refractivity contribution in [2.24, 2.45) is 5.92 Å². The van der Waals surface area contributed by atoms with Crippen LogP contribution in [0, 0.1) is 5.92 Å². The summed E-state index contributed by atoms with van der Waals surface area (Å²) in [5, 5.41) is 0. The third kappa shape index (κ3) is 2.78. The van der Waals surface area contributed by atoms with Crippen molar-refractivity contribution in [3.05, 3.63) is 59.7 Å². The molecular formula is C15H14O2. The van der Waals surface area contributed by atoms with Gasteiger partial charge in [-0.3, -0.25) is 9.59 Å². The van der Waals surface area contributed by atoms with E-state index in [-0.39, 0.29) is 11.6 Å². The number of carbonyl (C=O) groups is 2. The highest BCUT2D eigenvalue weighted by atomic mass is 16.1. The smallest absolute Gasteiger partial charge is 0.169 e. The molecule has 17 heavy (non-hydrogen) atoms. The van der Waals surface area contributed by atoms with Gasteiger partial charge in [-0.1, -0.05) is 48.1 Å². The summed E-state index contributed by atoms with van der Waals surface area (Å²) in [5.74, 6) is -0.748. The molecule has 0 heterocycles. The number of rotatable bonds is 3. The number of benzene rings is 1. The molecule has 1 unspecified atom stereocenters. The van der Waals surface area contributed by atoms with Gasteiger partial charge in [0.1, 0.15) is 0 Å². The van der Waals surface area contributed by atoms with E-state index in [1.165, 1.54) is 6.08 Å². The molecule has 0 fully saturated rings. The summed E-state index contributed by atoms with van der Waals surface area (Å²) in [6.45, 7) is 1.89. The molecule has 1 atom stereocenters. The van der Waals surface area contributed by atoms with Crippen molar-refractivity contribution in [1.82, 2.24) is 0 Å². The lowest BCUT2D eigenvalue weighted by Crippen LogP contribution is -2.24. The van der Waals surface area contributed by atoms with Crippen LogP contribution in [0.25, 0.3) is 0 Å². The standard InChI is InChI=1S/C15H14O2/c1-11-7-8-14(16)13(9-11)15(17)10-12-5-3-2-4-6-12/h2-9,13H,10H2,1H3. The van der Waals surface area contributed by atoms with E-state index < -0.39 is 5.92 Å². The number of allylic oxidation sites excluding steroid dienone is 4. The summed E-state index contributed by atoms with van der Waals surface area (Å²) in [6, 6.07) is 9.50. The molecule has 2 rings (SSSR count). The number of carbonyl (C=O) groups excluding carboxylic acids is 2. The Morgan fingerprint density at radius 1 is 1.18 bits per heavy atom. The Morgan fingerprint density at radius 2 is 1.88 bits per heavy atom. The van der Waals surface area contributed by atoms with Gasteiger partial charge in [0, 0.05) is 6.42 Å². The molecule has 0 saturated heterocycles. The Balaban J connectivity index is 2.11. The summed E-state index contributed by atoms with van der Waals surface area (Å²) < 4.78 is 0. The maximum Gasteiger partial charge on any atom is 0.169 e. The first-order valence-electron chi connectivity index (χ1n) is 5.64. The van der Waals surface area contributed by atoms with Gasteiger partial charge in [0.05, 0.1) is 5.92 Å². The van der Waals surface area contributed by atoms with E-state index in [9.17, 15) is 9.59 Å². The molecule has 0 saturated carbocycles. The molecule has 0 bridgehead atoms. The van der Waals surface area contributed by atoms with Gasteiger partial charge in [-0.25, -0.2) is 0 Å². The van der Waals surface area contributed by atoms with Crippen molar-refractivity contribution in [2.45, 2.75) is 13.3 Å². The normalized spacial score (nSPS) is 19.0. The zero-order valence-electron chi connectivity index (χ0n) is 9.72. The molecule has 2 heteroatoms. The summed E-state index contributed by atoms with van der Waals surface area (Å²) in [6.07, 6.45) is 5.29. The highest BCUT2D eigenvalue weighted by Crippen LogP contribution is 2.16. The van der Waals surface area contributed by atoms with Gasteiger partial charge >= 0.3 is 0 Å². The molecule has 1 aromatic carbocycles. The fourth-order valence-corrected chi connectivity index (χ4v) is 1.88. The average Bonchev–Trinajstić information content (AvgIpc) is 2.33. The van der Waals surface area contributed by atoms with Gasteiger partial charge in [-0.2, -0.15) is 0 Å². The zero-order valence-corrected chi connectivity index (χ0v) is 9.72. The van der Waals surface area contributed by atoms with Crippen molar-refractivity contribution < 1.29 is 9.59 Å². The predicted molar refractivity (Wildman–Crippen MR) is 66.5 cm³/mol. The molecule has 0 N–H and O–H groups in total. The molecule has 0 spiro atoms. The second-order valence-electron chi connectivity index (χ2n) is 4.25. The molecule has 0 aromatic heterocycles. The zero-order chi connectivity index (χ0) is 12.3. The van der Waals surface area contributed by atoms with Crippen LogP contribution in [0.3, 0.4) is 0 Å². The Labute approximate surface area is 101 Å². The highest BCUT2D eigenvalue weighted by Gasteiger charge is 2.24. The average molecular weight is 226 g/mol. The molecule has 1 aliphatic rings. The van der Waals surface area contributed by atoms with E-state index in [2.05, 4.69) is 0 Å². The lowest BCUT2D eigenvalue weighted by molar-refractivity contribution is -0.128. The van der Waals surface area contributed by atoms with Gasteiger partial charge < -0.3 is 0 Å². The van der Waals surface area contributed by atoms with Gasteiger partial charge in [0.15, 0.2) is 11.6 Å². The number of hydrogen-bond acceptors (Lipinski definition) is 2. The number of Topliss-reactive ketones (excluding diaryl/α,β-unsaturated/α-hetero) is 1. The predicted octanol–water partition coefficient (Wildman–Crippen LogP) is 2.50. The lowest BCUT2D eigenvalue weighted by Gasteiger charge is -2.12. The first-order valence-corrected chi connectivity index (χ1v) is 5.64. The van der Waals surface area contributed by atoms with Crippen molar-refractivity contribution >= 4 is 11.6 Å². The van der Waals surface area contributed by atoms with E-state index in [1.54, 1.807) is 12.2 Å². The second kappa shape index (κ2) is 4.91. The quantitative estimate of drug-likeness (QED) is 0.742. The van der Waals surface area contributed by atoms with Gasteiger partial charge in [-0.05, 0) is 18.6 Å². The summed E-state index contributed by atoms with van der Waals surface area (Å²) in [4.78, 5) is 23.6. The van der Waals surface area contributed by atoms with Crippen LogP contribution in [-0.2, 0) is 16.0 Å². The van der Waals surface area contributed by atoms with Gasteiger partial charge in [0.25, 0.3) is 0 Å². The molecule has 1 aliphatic carbocycles. The summed E-state index contributed by atoms with van der Waals surface area (Å²) in [7, 11) is 0. The first kappa shape index (κ1) is 11.5. The van der Waals surface area contributed by atoms with Crippen molar-refractivity contribution in [3.63, 3.8) is 0 Å². The maximum absolute atomic E-state index is 12.0. The van der Waals surface area contributed by atoms with Gasteiger partial charge in [-0.15, -0.1) is 0 Å². The molecule has 2 nitrogen and oxygen atoms in total. The first-order chi connectivity index (χ1) is 8.16. The molecule has 0 amide bonds. The van der Waals surface area contributed by atoms with Crippen LogP contribution < -0.4 is 0 Å². The van der Waals surface area contributed by atoms with Crippen LogP contribution in [0.2, 0.25) is 0 Å². The van der Waals surface area contributed by atoms with Crippen LogP contribution >= 0.6 is 0 Å². The number of ketones is 2. The van der Waals surface area contributed by atoms with Crippen LogP contribution in [0.1, 0.15) is 12.5 Å². The minimum atomic E-state index is -0.597. The molecular weight excluding hydrogens is 212 g/mol. The second-order valence-corrected chi connectivity index (χ2v) is 4.25. The van der Waals surface area contributed by atoms with E-state index in [0.717, 1.165) is 11.1 Å². The Hall–Kier alpha value is -1.96. The van der Waals surface area contributed by atoms with Crippen LogP contribution in [0.5, 0.6) is 0 Å². The topological polar surface area (TPSA) is 34.1 Å². The fraction of sp³-hybridized carbons (Fsp3) is 0.200. The van der Waals surface area contributed by atoms with E-state index in [0.29, 0.717) is 6.42 Å². The minimum Gasteiger partial charge on any atom is -0.298 e. The third-order valence-corrected chi connectivity index (χ3v) is 2.81. The van der Waals surface area contributed by atoms with Crippen molar-refractivity contribution in [3.8, 4) is 0 Å². The van der Waals surface area contributed by atoms with E-state index in [1.807, 2.05) is 37.3 Å². The molecule has 0 radical (unpaired) electrons. The largest absolute Gasteiger partial charge is 0.298 e. The SMILES string of the molecule is CC1=CC(C(=O)Cc2ccccc2)C(=O)C=C1. The Morgan fingerprint density at radius 3 is 2.59 bits per heavy atom. The summed E-state index contributed by atoms with van der Waals surface area (Å²) in [5.41, 5.74) is 1.92. The van der Waals surface area contributed by atoms with Crippen molar-refractivity contribution in [2.75, 3.05) is 0 Å². The fourth-order valence-electron chi connectivity index (χ4n) is 1.88. The Bertz CT molecular complexity index is 495. The van der Waals surface area contributed by atoms with Crippen LogP contribution in [0.4, 0.5) is 0 Å². The monoisotopic (exact) mass is 226 g/mol. The molecule has 86 valence electrons. The van der Waals surface area contributed by atoms with E-state index in [4.69, 9.17) is 0 Å². The maximum atomic E-state index is 12.0. The number of hydrogen-bond donors (Lipinski definition) is 0. The van der Waals surface area contributed by atoms with Crippen LogP contribution in [0.15, 0.2) is 54.1 Å². The molecule has 1 aromatic rings. The van der Waals surface area contributed by atoms with Gasteiger partial charge in [0.2, 0.25) is 0 Å².